The maximum absolute atomic E-state index is 11.0. The Morgan fingerprint density at radius 1 is 1.31 bits per heavy atom. The molecule has 1 fully saturated rings. The molecule has 0 aromatic heterocycles. The van der Waals surface area contributed by atoms with Crippen molar-refractivity contribution < 1.29 is 24.2 Å². The van der Waals surface area contributed by atoms with Gasteiger partial charge in [0.2, 0.25) is 0 Å². The van der Waals surface area contributed by atoms with Crippen LogP contribution in [0.3, 0.4) is 0 Å². The van der Waals surface area contributed by atoms with Gasteiger partial charge in [0.1, 0.15) is 6.61 Å². The van der Waals surface area contributed by atoms with E-state index >= 15 is 0 Å². The van der Waals surface area contributed by atoms with E-state index in [1.807, 2.05) is 0 Å². The lowest BCUT2D eigenvalue weighted by atomic mass is 10.4. The first kappa shape index (κ1) is 12.7. The molecule has 0 spiro atoms. The van der Waals surface area contributed by atoms with Crippen molar-refractivity contribution in [2.75, 3.05) is 39.5 Å². The molecule has 0 saturated carbocycles. The summed E-state index contributed by atoms with van der Waals surface area (Å²) in [5, 5.41) is 8.27. The first-order valence-corrected chi connectivity index (χ1v) is 5.06. The highest BCUT2D eigenvalue weighted by molar-refractivity contribution is 5.90. The molecule has 16 heavy (non-hydrogen) atoms. The maximum atomic E-state index is 11.0. The largest absolute Gasteiger partial charge is 0.478 e. The number of morpholine rings is 1. The fourth-order valence-corrected chi connectivity index (χ4v) is 1.29. The highest BCUT2D eigenvalue weighted by Gasteiger charge is 2.10. The average Bonchev–Trinajstić information content (AvgIpc) is 2.28. The molecule has 0 bridgehead atoms. The van der Waals surface area contributed by atoms with Gasteiger partial charge < -0.3 is 14.6 Å². The number of rotatable bonds is 5. The van der Waals surface area contributed by atoms with E-state index in [0.717, 1.165) is 25.2 Å². The molecule has 1 aliphatic rings. The smallest absolute Gasteiger partial charge is 0.331 e. The SMILES string of the molecule is O=C(O)C=CC(=O)OCCN1CCOCC1. The number of nitrogens with zero attached hydrogens (tertiary/aromatic N) is 1. The van der Waals surface area contributed by atoms with Crippen LogP contribution in [0.5, 0.6) is 0 Å². The van der Waals surface area contributed by atoms with Crippen LogP contribution in [0.2, 0.25) is 0 Å². The summed E-state index contributed by atoms with van der Waals surface area (Å²) in [4.78, 5) is 23.2. The summed E-state index contributed by atoms with van der Waals surface area (Å²) in [6.07, 6.45) is 1.67. The monoisotopic (exact) mass is 229 g/mol. The molecular formula is C10H15NO5. The molecule has 1 aliphatic heterocycles. The Morgan fingerprint density at radius 3 is 2.62 bits per heavy atom. The van der Waals surface area contributed by atoms with E-state index in [1.165, 1.54) is 0 Å². The van der Waals surface area contributed by atoms with Crippen LogP contribution < -0.4 is 0 Å². The fourth-order valence-electron chi connectivity index (χ4n) is 1.29. The molecule has 0 unspecified atom stereocenters. The minimum atomic E-state index is -1.16. The molecule has 1 N–H and O–H groups in total. The predicted octanol–water partition coefficient (Wildman–Crippen LogP) is -0.497. The Kier molecular flexibility index (Phi) is 5.52. The van der Waals surface area contributed by atoms with Gasteiger partial charge >= 0.3 is 11.9 Å². The van der Waals surface area contributed by atoms with Crippen molar-refractivity contribution in [2.24, 2.45) is 0 Å². The van der Waals surface area contributed by atoms with Crippen LogP contribution in [-0.2, 0) is 19.1 Å². The second-order valence-electron chi connectivity index (χ2n) is 3.29. The lowest BCUT2D eigenvalue weighted by Crippen LogP contribution is -2.38. The number of carboxylic acid groups (broad SMARTS) is 1. The van der Waals surface area contributed by atoms with E-state index in [4.69, 9.17) is 14.6 Å². The molecule has 0 radical (unpaired) electrons. The van der Waals surface area contributed by atoms with Gasteiger partial charge in [0.15, 0.2) is 0 Å². The highest BCUT2D eigenvalue weighted by atomic mass is 16.5. The molecule has 0 atom stereocenters. The number of esters is 1. The Bertz CT molecular complexity index is 270. The summed E-state index contributed by atoms with van der Waals surface area (Å²) in [5.74, 6) is -1.79. The highest BCUT2D eigenvalue weighted by Crippen LogP contribution is 1.96. The molecule has 0 aromatic carbocycles. The summed E-state index contributed by atoms with van der Waals surface area (Å²) >= 11 is 0. The van der Waals surface area contributed by atoms with Crippen LogP contribution in [0, 0.1) is 0 Å². The molecule has 1 rings (SSSR count). The quantitative estimate of drug-likeness (QED) is 0.506. The van der Waals surface area contributed by atoms with Crippen LogP contribution in [0.4, 0.5) is 0 Å². The van der Waals surface area contributed by atoms with Crippen LogP contribution in [0.1, 0.15) is 0 Å². The fraction of sp³-hybridized carbons (Fsp3) is 0.600. The standard InChI is InChI=1S/C10H15NO5/c12-9(13)1-2-10(14)16-8-5-11-3-6-15-7-4-11/h1-2H,3-8H2,(H,12,13). The van der Waals surface area contributed by atoms with Gasteiger partial charge in [-0.15, -0.1) is 0 Å². The predicted molar refractivity (Wildman–Crippen MR) is 55.0 cm³/mol. The number of carbonyl (C=O) groups excluding carboxylic acids is 1. The van der Waals surface area contributed by atoms with E-state index in [1.54, 1.807) is 0 Å². The van der Waals surface area contributed by atoms with Gasteiger partial charge in [0.25, 0.3) is 0 Å². The molecule has 1 saturated heterocycles. The van der Waals surface area contributed by atoms with Gasteiger partial charge in [-0.3, -0.25) is 4.90 Å². The van der Waals surface area contributed by atoms with Gasteiger partial charge in [-0.05, 0) is 0 Å². The zero-order valence-electron chi connectivity index (χ0n) is 8.92. The second kappa shape index (κ2) is 6.97. The van der Waals surface area contributed by atoms with Crippen LogP contribution >= 0.6 is 0 Å². The minimum absolute atomic E-state index is 0.267. The van der Waals surface area contributed by atoms with Crippen molar-refractivity contribution in [3.05, 3.63) is 12.2 Å². The zero-order chi connectivity index (χ0) is 11.8. The maximum Gasteiger partial charge on any atom is 0.331 e. The van der Waals surface area contributed by atoms with Crippen molar-refractivity contribution in [1.29, 1.82) is 0 Å². The Balaban J connectivity index is 2.09. The van der Waals surface area contributed by atoms with Crippen molar-refractivity contribution in [2.45, 2.75) is 0 Å². The summed E-state index contributed by atoms with van der Waals surface area (Å²) in [6.45, 7) is 3.99. The molecule has 1 heterocycles. The van der Waals surface area contributed by atoms with Crippen LogP contribution in [0.15, 0.2) is 12.2 Å². The van der Waals surface area contributed by atoms with Crippen molar-refractivity contribution in [1.82, 2.24) is 4.90 Å². The molecule has 90 valence electrons. The van der Waals surface area contributed by atoms with Crippen molar-refractivity contribution in [3.63, 3.8) is 0 Å². The van der Waals surface area contributed by atoms with Crippen molar-refractivity contribution in [3.8, 4) is 0 Å². The number of hydrogen-bond acceptors (Lipinski definition) is 5. The van der Waals surface area contributed by atoms with Gasteiger partial charge in [0.05, 0.1) is 13.2 Å². The Hall–Kier alpha value is -1.40. The third kappa shape index (κ3) is 5.47. The first-order valence-electron chi connectivity index (χ1n) is 5.06. The van der Waals surface area contributed by atoms with E-state index in [9.17, 15) is 9.59 Å². The third-order valence-corrected chi connectivity index (χ3v) is 2.12. The van der Waals surface area contributed by atoms with Crippen LogP contribution in [0.25, 0.3) is 0 Å². The second-order valence-corrected chi connectivity index (χ2v) is 3.29. The zero-order valence-corrected chi connectivity index (χ0v) is 8.92. The molecule has 0 amide bonds. The van der Waals surface area contributed by atoms with Gasteiger partial charge in [-0.1, -0.05) is 0 Å². The third-order valence-electron chi connectivity index (χ3n) is 2.12. The lowest BCUT2D eigenvalue weighted by Gasteiger charge is -2.25. The molecule has 6 nitrogen and oxygen atoms in total. The van der Waals surface area contributed by atoms with E-state index < -0.39 is 11.9 Å². The first-order chi connectivity index (χ1) is 7.68. The number of ether oxygens (including phenoxy) is 2. The van der Waals surface area contributed by atoms with E-state index in [-0.39, 0.29) is 6.61 Å². The minimum Gasteiger partial charge on any atom is -0.478 e. The summed E-state index contributed by atoms with van der Waals surface area (Å²) in [5.41, 5.74) is 0. The topological polar surface area (TPSA) is 76.1 Å². The number of carboxylic acids is 1. The molecular weight excluding hydrogens is 214 g/mol. The van der Waals surface area contributed by atoms with Gasteiger partial charge in [-0.2, -0.15) is 0 Å². The van der Waals surface area contributed by atoms with E-state index in [0.29, 0.717) is 19.8 Å². The van der Waals surface area contributed by atoms with Crippen molar-refractivity contribution >= 4 is 11.9 Å². The number of carbonyl (C=O) groups is 2. The molecule has 6 heteroatoms. The summed E-state index contributed by atoms with van der Waals surface area (Å²) in [6, 6.07) is 0. The summed E-state index contributed by atoms with van der Waals surface area (Å²) in [7, 11) is 0. The lowest BCUT2D eigenvalue weighted by molar-refractivity contribution is -0.139. The number of hydrogen-bond donors (Lipinski definition) is 1. The van der Waals surface area contributed by atoms with Crippen LogP contribution in [-0.4, -0.2) is 61.4 Å². The Labute approximate surface area is 93.4 Å². The summed E-state index contributed by atoms with van der Waals surface area (Å²) < 4.78 is 9.99. The average molecular weight is 229 g/mol. The van der Waals surface area contributed by atoms with Gasteiger partial charge in [-0.25, -0.2) is 9.59 Å². The normalized spacial score (nSPS) is 17.5. The molecule has 0 aliphatic carbocycles. The molecule has 0 aromatic rings. The van der Waals surface area contributed by atoms with Gasteiger partial charge in [0, 0.05) is 31.8 Å². The van der Waals surface area contributed by atoms with E-state index in [2.05, 4.69) is 4.90 Å². The number of aliphatic carboxylic acids is 1. The Morgan fingerprint density at radius 2 is 2.00 bits per heavy atom.